The van der Waals surface area contributed by atoms with Gasteiger partial charge in [0, 0.05) is 6.20 Å². The van der Waals surface area contributed by atoms with Crippen molar-refractivity contribution in [3.8, 4) is 0 Å². The van der Waals surface area contributed by atoms with Gasteiger partial charge in [0.1, 0.15) is 0 Å². The van der Waals surface area contributed by atoms with Gasteiger partial charge >= 0.3 is 5.97 Å². The number of hydrogen-bond acceptors (Lipinski definition) is 3. The molecule has 2 rings (SSSR count). The molecule has 0 amide bonds. The minimum atomic E-state index is -1.25. The zero-order valence-corrected chi connectivity index (χ0v) is 12.1. The van der Waals surface area contributed by atoms with Crippen molar-refractivity contribution in [1.82, 2.24) is 15.1 Å². The normalized spacial score (nSPS) is 13.9. The molecule has 106 valence electrons. The molecule has 5 nitrogen and oxygen atoms in total. The number of aryl methyl sites for hydroxylation is 1. The molecule has 0 saturated heterocycles. The van der Waals surface area contributed by atoms with Gasteiger partial charge in [0.2, 0.25) is 0 Å². The number of rotatable bonds is 5. The quantitative estimate of drug-likeness (QED) is 0.885. The molecule has 6 heteroatoms. The summed E-state index contributed by atoms with van der Waals surface area (Å²) in [6.45, 7) is 1.93. The molecule has 20 heavy (non-hydrogen) atoms. The van der Waals surface area contributed by atoms with Crippen LogP contribution in [0.5, 0.6) is 0 Å². The fraction of sp³-hybridized carbons (Fsp3) is 0.286. The Labute approximate surface area is 122 Å². The zero-order valence-electron chi connectivity index (χ0n) is 11.3. The molecule has 0 aliphatic heterocycles. The van der Waals surface area contributed by atoms with Crippen molar-refractivity contribution in [2.24, 2.45) is 0 Å². The summed E-state index contributed by atoms with van der Waals surface area (Å²) in [5.41, 5.74) is 0.0951. The van der Waals surface area contributed by atoms with Crippen LogP contribution in [0.1, 0.15) is 11.3 Å². The highest BCUT2D eigenvalue weighted by Gasteiger charge is 2.39. The monoisotopic (exact) mass is 293 g/mol. The molecule has 2 aromatic rings. The van der Waals surface area contributed by atoms with Gasteiger partial charge in [0.05, 0.1) is 17.3 Å². The average molecular weight is 294 g/mol. The van der Waals surface area contributed by atoms with E-state index in [2.05, 4.69) is 10.4 Å². The Bertz CT molecular complexity index is 593. The topological polar surface area (TPSA) is 67.2 Å². The molecule has 0 aliphatic carbocycles. The van der Waals surface area contributed by atoms with E-state index in [4.69, 9.17) is 11.6 Å². The van der Waals surface area contributed by atoms with Gasteiger partial charge < -0.3 is 5.11 Å². The lowest BCUT2D eigenvalue weighted by Crippen LogP contribution is -2.50. The van der Waals surface area contributed by atoms with Crippen LogP contribution in [0.4, 0.5) is 0 Å². The number of likely N-dealkylation sites (N-methyl/N-ethyl adjacent to an activating group) is 1. The summed E-state index contributed by atoms with van der Waals surface area (Å²) < 4.78 is 1.55. The SMILES string of the molecule is CNC(Cn1cc(Cl)c(C)n1)(C(=O)O)c1ccccc1. The summed E-state index contributed by atoms with van der Waals surface area (Å²) in [5.74, 6) is -0.963. The molecule has 1 aromatic carbocycles. The van der Waals surface area contributed by atoms with Crippen LogP contribution < -0.4 is 5.32 Å². The van der Waals surface area contributed by atoms with Gasteiger partial charge in [-0.2, -0.15) is 5.10 Å². The maximum atomic E-state index is 11.8. The standard InChI is InChI=1S/C14H16ClN3O2/c1-10-12(15)8-18(17-10)9-14(16-2,13(19)20)11-6-4-3-5-7-11/h3-8,16H,9H2,1-2H3,(H,19,20). The summed E-state index contributed by atoms with van der Waals surface area (Å²) in [4.78, 5) is 11.8. The van der Waals surface area contributed by atoms with Gasteiger partial charge in [0.15, 0.2) is 5.54 Å². The lowest BCUT2D eigenvalue weighted by atomic mass is 9.90. The van der Waals surface area contributed by atoms with Gasteiger partial charge in [-0.05, 0) is 19.5 Å². The second-order valence-electron chi connectivity index (χ2n) is 4.59. The first kappa shape index (κ1) is 14.6. The highest BCUT2D eigenvalue weighted by molar-refractivity contribution is 6.31. The van der Waals surface area contributed by atoms with Crippen LogP contribution in [0, 0.1) is 6.92 Å². The largest absolute Gasteiger partial charge is 0.480 e. The fourth-order valence-electron chi connectivity index (χ4n) is 2.15. The van der Waals surface area contributed by atoms with Crippen LogP contribution in [0.2, 0.25) is 5.02 Å². The van der Waals surface area contributed by atoms with Crippen molar-refractivity contribution in [2.75, 3.05) is 7.05 Å². The van der Waals surface area contributed by atoms with E-state index in [9.17, 15) is 9.90 Å². The Kier molecular flexibility index (Phi) is 4.11. The molecule has 1 heterocycles. The molecule has 0 fully saturated rings. The van der Waals surface area contributed by atoms with E-state index in [0.717, 1.165) is 0 Å². The number of aliphatic carboxylic acids is 1. The molecule has 0 bridgehead atoms. The summed E-state index contributed by atoms with van der Waals surface area (Å²) in [7, 11) is 1.62. The van der Waals surface area contributed by atoms with Crippen LogP contribution in [0.25, 0.3) is 0 Å². The van der Waals surface area contributed by atoms with E-state index >= 15 is 0 Å². The van der Waals surface area contributed by atoms with Crippen molar-refractivity contribution >= 4 is 17.6 Å². The lowest BCUT2D eigenvalue weighted by Gasteiger charge is -2.29. The van der Waals surface area contributed by atoms with Crippen LogP contribution in [-0.4, -0.2) is 27.9 Å². The Morgan fingerprint density at radius 1 is 1.45 bits per heavy atom. The number of carboxylic acids is 1. The summed E-state index contributed by atoms with van der Waals surface area (Å²) in [6.07, 6.45) is 1.63. The van der Waals surface area contributed by atoms with Gasteiger partial charge in [-0.15, -0.1) is 0 Å². The maximum Gasteiger partial charge on any atom is 0.330 e. The van der Waals surface area contributed by atoms with Crippen LogP contribution in [-0.2, 0) is 16.9 Å². The summed E-state index contributed by atoms with van der Waals surface area (Å²) in [6, 6.07) is 9.03. The van der Waals surface area contributed by atoms with E-state index in [0.29, 0.717) is 16.3 Å². The maximum absolute atomic E-state index is 11.8. The van der Waals surface area contributed by atoms with Gasteiger partial charge in [-0.1, -0.05) is 41.9 Å². The number of halogens is 1. The predicted octanol–water partition coefficient (Wildman–Crippen LogP) is 2.04. The fourth-order valence-corrected chi connectivity index (χ4v) is 2.30. The van der Waals surface area contributed by atoms with E-state index in [1.807, 2.05) is 18.2 Å². The number of hydrogen-bond donors (Lipinski definition) is 2. The lowest BCUT2D eigenvalue weighted by molar-refractivity contribution is -0.146. The van der Waals surface area contributed by atoms with Crippen LogP contribution in [0.15, 0.2) is 36.5 Å². The second-order valence-corrected chi connectivity index (χ2v) is 4.99. The molecule has 2 N–H and O–H groups in total. The third-order valence-corrected chi connectivity index (χ3v) is 3.72. The smallest absolute Gasteiger partial charge is 0.330 e. The van der Waals surface area contributed by atoms with Crippen molar-refractivity contribution in [3.05, 3.63) is 52.8 Å². The summed E-state index contributed by atoms with van der Waals surface area (Å²) >= 11 is 5.98. The summed E-state index contributed by atoms with van der Waals surface area (Å²) in [5, 5.41) is 17.3. The van der Waals surface area contributed by atoms with Gasteiger partial charge in [0.25, 0.3) is 0 Å². The first-order chi connectivity index (χ1) is 9.49. The molecular weight excluding hydrogens is 278 g/mol. The zero-order chi connectivity index (χ0) is 14.8. The third kappa shape index (κ3) is 2.55. The van der Waals surface area contributed by atoms with Crippen molar-refractivity contribution in [1.29, 1.82) is 0 Å². The van der Waals surface area contributed by atoms with E-state index < -0.39 is 11.5 Å². The highest BCUT2D eigenvalue weighted by atomic mass is 35.5. The average Bonchev–Trinajstić information content (AvgIpc) is 2.75. The molecule has 1 unspecified atom stereocenters. The number of nitrogens with zero attached hydrogens (tertiary/aromatic N) is 2. The van der Waals surface area contributed by atoms with Crippen LogP contribution in [0.3, 0.4) is 0 Å². The molecule has 0 aliphatic rings. The van der Waals surface area contributed by atoms with Gasteiger partial charge in [-0.3, -0.25) is 10.00 Å². The number of carboxylic acid groups (broad SMARTS) is 1. The second kappa shape index (κ2) is 5.64. The molecule has 0 spiro atoms. The first-order valence-electron chi connectivity index (χ1n) is 6.17. The molecule has 1 aromatic heterocycles. The van der Waals surface area contributed by atoms with Crippen molar-refractivity contribution in [3.63, 3.8) is 0 Å². The number of nitrogens with one attached hydrogen (secondary N) is 1. The van der Waals surface area contributed by atoms with E-state index in [-0.39, 0.29) is 6.54 Å². The molecule has 1 atom stereocenters. The Balaban J connectivity index is 2.45. The molecule has 0 saturated carbocycles. The number of carbonyl (C=O) groups is 1. The Hall–Kier alpha value is -1.85. The van der Waals surface area contributed by atoms with Crippen molar-refractivity contribution in [2.45, 2.75) is 19.0 Å². The predicted molar refractivity (Wildman–Crippen MR) is 76.8 cm³/mol. The minimum Gasteiger partial charge on any atom is -0.480 e. The van der Waals surface area contributed by atoms with Crippen molar-refractivity contribution < 1.29 is 9.90 Å². The van der Waals surface area contributed by atoms with E-state index in [1.165, 1.54) is 0 Å². The third-order valence-electron chi connectivity index (χ3n) is 3.34. The Morgan fingerprint density at radius 3 is 2.55 bits per heavy atom. The Morgan fingerprint density at radius 2 is 2.10 bits per heavy atom. The number of aromatic nitrogens is 2. The van der Waals surface area contributed by atoms with Crippen LogP contribution >= 0.6 is 11.6 Å². The molecule has 0 radical (unpaired) electrons. The number of benzene rings is 1. The van der Waals surface area contributed by atoms with Gasteiger partial charge in [-0.25, -0.2) is 4.79 Å². The minimum absolute atomic E-state index is 0.149. The van der Waals surface area contributed by atoms with E-state index in [1.54, 1.807) is 37.0 Å². The molecular formula is C14H16ClN3O2. The first-order valence-corrected chi connectivity index (χ1v) is 6.55. The highest BCUT2D eigenvalue weighted by Crippen LogP contribution is 2.24.